The molecule has 8 heteroatoms. The Bertz CT molecular complexity index is 576. The molecule has 0 spiro atoms. The minimum absolute atomic E-state index is 0.0807. The van der Waals surface area contributed by atoms with Gasteiger partial charge in [-0.2, -0.15) is 4.31 Å². The Morgan fingerprint density at radius 2 is 2.09 bits per heavy atom. The standard InChI is InChI=1S/C14H22N2O4S2/c1-11-9-16(10-12(2)20-11)22(18,19)7-5-15-14(17)8-13-4-3-6-21-13/h3-4,6,11-12H,5,7-10H2,1-2H3,(H,15,17)/t11-,12-/m1/s1. The van der Waals surface area contributed by atoms with Crippen LogP contribution in [0.1, 0.15) is 18.7 Å². The molecule has 1 fully saturated rings. The lowest BCUT2D eigenvalue weighted by Gasteiger charge is -2.34. The number of hydrogen-bond acceptors (Lipinski definition) is 5. The van der Waals surface area contributed by atoms with Gasteiger partial charge in [0.05, 0.1) is 24.4 Å². The summed E-state index contributed by atoms with van der Waals surface area (Å²) in [6.07, 6.45) is 0.0856. The van der Waals surface area contributed by atoms with E-state index in [0.29, 0.717) is 19.5 Å². The quantitative estimate of drug-likeness (QED) is 0.828. The SMILES string of the molecule is C[C@@H]1CN(S(=O)(=O)CCNC(=O)Cc2cccs2)C[C@@H](C)O1. The van der Waals surface area contributed by atoms with E-state index >= 15 is 0 Å². The molecule has 2 heterocycles. The maximum atomic E-state index is 12.3. The van der Waals surface area contributed by atoms with Crippen LogP contribution in [0.25, 0.3) is 0 Å². The van der Waals surface area contributed by atoms with E-state index in [0.717, 1.165) is 4.88 Å². The van der Waals surface area contributed by atoms with E-state index in [9.17, 15) is 13.2 Å². The zero-order valence-corrected chi connectivity index (χ0v) is 14.5. The summed E-state index contributed by atoms with van der Waals surface area (Å²) in [7, 11) is -3.37. The highest BCUT2D eigenvalue weighted by molar-refractivity contribution is 7.89. The molecule has 22 heavy (non-hydrogen) atoms. The predicted molar refractivity (Wildman–Crippen MR) is 86.4 cm³/mol. The number of thiophene rings is 1. The van der Waals surface area contributed by atoms with E-state index in [1.807, 2.05) is 31.4 Å². The van der Waals surface area contributed by atoms with Crippen LogP contribution in [0, 0.1) is 0 Å². The van der Waals surface area contributed by atoms with Gasteiger partial charge < -0.3 is 10.1 Å². The fourth-order valence-corrected chi connectivity index (χ4v) is 4.64. The molecule has 0 unspecified atom stereocenters. The molecular formula is C14H22N2O4S2. The highest BCUT2D eigenvalue weighted by atomic mass is 32.2. The first kappa shape index (κ1) is 17.4. The molecule has 1 aliphatic rings. The van der Waals surface area contributed by atoms with E-state index in [2.05, 4.69) is 5.32 Å². The summed E-state index contributed by atoms with van der Waals surface area (Å²) in [5, 5.41) is 4.58. The molecular weight excluding hydrogens is 324 g/mol. The van der Waals surface area contributed by atoms with Gasteiger partial charge in [-0.05, 0) is 25.3 Å². The second-order valence-corrected chi connectivity index (χ2v) is 8.62. The third kappa shape index (κ3) is 5.05. The zero-order valence-electron chi connectivity index (χ0n) is 12.8. The summed E-state index contributed by atoms with van der Waals surface area (Å²) >= 11 is 1.51. The van der Waals surface area contributed by atoms with Gasteiger partial charge >= 0.3 is 0 Å². The normalized spacial score (nSPS) is 23.4. The van der Waals surface area contributed by atoms with Crippen molar-refractivity contribution < 1.29 is 17.9 Å². The van der Waals surface area contributed by atoms with Crippen molar-refractivity contribution in [2.75, 3.05) is 25.4 Å². The van der Waals surface area contributed by atoms with E-state index in [4.69, 9.17) is 4.74 Å². The zero-order chi connectivity index (χ0) is 16.2. The minimum Gasteiger partial charge on any atom is -0.373 e. The summed E-state index contributed by atoms with van der Waals surface area (Å²) in [6.45, 7) is 4.60. The van der Waals surface area contributed by atoms with Crippen molar-refractivity contribution in [2.24, 2.45) is 0 Å². The van der Waals surface area contributed by atoms with Gasteiger partial charge in [0, 0.05) is 24.5 Å². The van der Waals surface area contributed by atoms with Crippen LogP contribution in [0.5, 0.6) is 0 Å². The second kappa shape index (κ2) is 7.54. The summed E-state index contributed by atoms with van der Waals surface area (Å²) in [5.74, 6) is -0.232. The lowest BCUT2D eigenvalue weighted by Crippen LogP contribution is -2.49. The van der Waals surface area contributed by atoms with Crippen LogP contribution in [-0.4, -0.2) is 56.2 Å². The van der Waals surface area contributed by atoms with Gasteiger partial charge in [0.1, 0.15) is 0 Å². The van der Waals surface area contributed by atoms with Gasteiger partial charge in [-0.15, -0.1) is 11.3 Å². The van der Waals surface area contributed by atoms with Crippen LogP contribution in [-0.2, 0) is 26.0 Å². The molecule has 2 rings (SSSR count). The Labute approximate surface area is 135 Å². The molecule has 124 valence electrons. The topological polar surface area (TPSA) is 75.7 Å². The number of rotatable bonds is 6. The largest absolute Gasteiger partial charge is 0.373 e. The molecule has 1 amide bonds. The van der Waals surface area contributed by atoms with Crippen molar-refractivity contribution in [3.05, 3.63) is 22.4 Å². The fraction of sp³-hybridized carbons (Fsp3) is 0.643. The van der Waals surface area contributed by atoms with Crippen LogP contribution < -0.4 is 5.32 Å². The molecule has 0 radical (unpaired) electrons. The number of morpholine rings is 1. The molecule has 6 nitrogen and oxygen atoms in total. The van der Waals surface area contributed by atoms with Crippen LogP contribution in [0.4, 0.5) is 0 Å². The number of carbonyl (C=O) groups is 1. The van der Waals surface area contributed by atoms with Gasteiger partial charge in [-0.3, -0.25) is 4.79 Å². The highest BCUT2D eigenvalue weighted by Gasteiger charge is 2.30. The van der Waals surface area contributed by atoms with Crippen molar-refractivity contribution in [3.63, 3.8) is 0 Å². The van der Waals surface area contributed by atoms with Crippen molar-refractivity contribution in [2.45, 2.75) is 32.5 Å². The third-order valence-corrected chi connectivity index (χ3v) is 6.06. The van der Waals surface area contributed by atoms with Crippen molar-refractivity contribution in [3.8, 4) is 0 Å². The Balaban J connectivity index is 1.78. The lowest BCUT2D eigenvalue weighted by atomic mass is 10.3. The molecule has 1 aromatic rings. The number of ether oxygens (including phenoxy) is 1. The van der Waals surface area contributed by atoms with Gasteiger partial charge in [0.25, 0.3) is 0 Å². The first-order chi connectivity index (χ1) is 10.4. The van der Waals surface area contributed by atoms with Crippen molar-refractivity contribution in [1.29, 1.82) is 0 Å². The number of nitrogens with one attached hydrogen (secondary N) is 1. The number of sulfonamides is 1. The molecule has 0 aromatic carbocycles. The summed E-state index contributed by atoms with van der Waals surface area (Å²) < 4.78 is 31.6. The van der Waals surface area contributed by atoms with Gasteiger partial charge in [-0.25, -0.2) is 8.42 Å². The monoisotopic (exact) mass is 346 g/mol. The molecule has 1 aromatic heterocycles. The van der Waals surface area contributed by atoms with Gasteiger partial charge in [0.2, 0.25) is 15.9 Å². The van der Waals surface area contributed by atoms with Crippen LogP contribution in [0.15, 0.2) is 17.5 Å². The minimum atomic E-state index is -3.37. The fourth-order valence-electron chi connectivity index (χ4n) is 2.44. The van der Waals surface area contributed by atoms with Crippen molar-refractivity contribution in [1.82, 2.24) is 9.62 Å². The second-order valence-electron chi connectivity index (χ2n) is 5.50. The lowest BCUT2D eigenvalue weighted by molar-refractivity contribution is -0.120. The van der Waals surface area contributed by atoms with Crippen molar-refractivity contribution >= 4 is 27.3 Å². The highest BCUT2D eigenvalue weighted by Crippen LogP contribution is 2.14. The number of hydrogen-bond donors (Lipinski definition) is 1. The van der Waals surface area contributed by atoms with Crippen LogP contribution in [0.2, 0.25) is 0 Å². The molecule has 1 saturated heterocycles. The molecule has 2 atom stereocenters. The molecule has 0 bridgehead atoms. The number of amides is 1. The summed E-state index contributed by atoms with van der Waals surface area (Å²) in [6, 6.07) is 3.77. The number of nitrogens with zero attached hydrogens (tertiary/aromatic N) is 1. The van der Waals surface area contributed by atoms with E-state index in [1.54, 1.807) is 0 Å². The first-order valence-electron chi connectivity index (χ1n) is 7.29. The smallest absolute Gasteiger partial charge is 0.225 e. The number of carbonyl (C=O) groups excluding carboxylic acids is 1. The Kier molecular flexibility index (Phi) is 5.96. The third-order valence-electron chi connectivity index (χ3n) is 3.38. The summed E-state index contributed by atoms with van der Waals surface area (Å²) in [4.78, 5) is 12.7. The molecule has 1 N–H and O–H groups in total. The average Bonchev–Trinajstić information content (AvgIpc) is 2.90. The average molecular weight is 346 g/mol. The Morgan fingerprint density at radius 3 is 2.68 bits per heavy atom. The summed E-state index contributed by atoms with van der Waals surface area (Å²) in [5.41, 5.74) is 0. The molecule has 0 saturated carbocycles. The van der Waals surface area contributed by atoms with E-state index in [1.165, 1.54) is 15.6 Å². The maximum absolute atomic E-state index is 12.3. The van der Waals surface area contributed by atoms with Crippen LogP contribution in [0.3, 0.4) is 0 Å². The molecule has 1 aliphatic heterocycles. The van der Waals surface area contributed by atoms with E-state index in [-0.39, 0.29) is 30.4 Å². The van der Waals surface area contributed by atoms with Gasteiger partial charge in [-0.1, -0.05) is 6.07 Å². The molecule has 0 aliphatic carbocycles. The Hall–Kier alpha value is -0.960. The maximum Gasteiger partial charge on any atom is 0.225 e. The van der Waals surface area contributed by atoms with E-state index < -0.39 is 10.0 Å². The van der Waals surface area contributed by atoms with Crippen LogP contribution >= 0.6 is 11.3 Å². The first-order valence-corrected chi connectivity index (χ1v) is 9.78. The predicted octanol–water partition coefficient (Wildman–Crippen LogP) is 0.846. The van der Waals surface area contributed by atoms with Gasteiger partial charge in [0.15, 0.2) is 0 Å². The Morgan fingerprint density at radius 1 is 1.41 bits per heavy atom.